The summed E-state index contributed by atoms with van der Waals surface area (Å²) in [5.74, 6) is -0.534. The maximum atomic E-state index is 11.0. The summed E-state index contributed by atoms with van der Waals surface area (Å²) in [6.45, 7) is 1.43. The van der Waals surface area contributed by atoms with Gasteiger partial charge in [-0.1, -0.05) is 5.16 Å². The van der Waals surface area contributed by atoms with E-state index in [1.165, 1.54) is 19.3 Å². The van der Waals surface area contributed by atoms with Crippen molar-refractivity contribution in [3.05, 3.63) is 18.0 Å². The summed E-state index contributed by atoms with van der Waals surface area (Å²) in [7, 11) is 0. The van der Waals surface area contributed by atoms with Crippen LogP contribution in [0.25, 0.3) is 0 Å². The van der Waals surface area contributed by atoms with Crippen molar-refractivity contribution in [3.63, 3.8) is 0 Å². The highest BCUT2D eigenvalue weighted by Gasteiger charge is 2.08. The molecule has 13 heavy (non-hydrogen) atoms. The molecule has 0 saturated carbocycles. The number of amidine groups is 1. The van der Waals surface area contributed by atoms with Gasteiger partial charge in [0.15, 0.2) is 5.84 Å². The van der Waals surface area contributed by atoms with Crippen molar-refractivity contribution < 1.29 is 14.8 Å². The van der Waals surface area contributed by atoms with Gasteiger partial charge in [-0.25, -0.2) is 10.3 Å². The molecule has 0 aliphatic heterocycles. The topological polar surface area (TPSA) is 99.6 Å². The van der Waals surface area contributed by atoms with Crippen molar-refractivity contribution in [1.29, 1.82) is 0 Å². The van der Waals surface area contributed by atoms with Crippen LogP contribution in [-0.2, 0) is 4.84 Å². The maximum Gasteiger partial charge on any atom is 0.366 e. The van der Waals surface area contributed by atoms with Crippen molar-refractivity contribution in [2.75, 3.05) is 0 Å². The average Bonchev–Trinajstić information content (AvgIpc) is 2.66. The van der Waals surface area contributed by atoms with Gasteiger partial charge in [0.2, 0.25) is 0 Å². The molecule has 1 aromatic heterocycles. The van der Waals surface area contributed by atoms with E-state index < -0.39 is 5.97 Å². The summed E-state index contributed by atoms with van der Waals surface area (Å²) < 4.78 is 0. The van der Waals surface area contributed by atoms with E-state index in [4.69, 9.17) is 5.21 Å². The Bertz CT molecular complexity index is 306. The number of hydroxylamine groups is 1. The predicted molar refractivity (Wildman–Crippen MR) is 42.0 cm³/mol. The number of nitrogens with one attached hydrogen (secondary N) is 2. The van der Waals surface area contributed by atoms with Gasteiger partial charge in [0.05, 0.1) is 11.8 Å². The number of hydrogen-bond acceptors (Lipinski definition) is 5. The molecule has 0 saturated heterocycles. The number of hydrogen-bond donors (Lipinski definition) is 3. The van der Waals surface area contributed by atoms with Gasteiger partial charge in [-0.05, 0) is 6.92 Å². The van der Waals surface area contributed by atoms with Crippen molar-refractivity contribution in [3.8, 4) is 0 Å². The number of carbonyl (C=O) groups excluding carboxylic acids is 1. The Labute approximate surface area is 73.3 Å². The summed E-state index contributed by atoms with van der Waals surface area (Å²) in [4.78, 5) is 15.5. The Morgan fingerprint density at radius 1 is 1.85 bits per heavy atom. The second-order valence-electron chi connectivity index (χ2n) is 2.16. The summed E-state index contributed by atoms with van der Waals surface area (Å²) in [6, 6.07) is 0. The summed E-state index contributed by atoms with van der Waals surface area (Å²) in [6.07, 6.45) is 2.70. The summed E-state index contributed by atoms with van der Waals surface area (Å²) in [5, 5.41) is 17.0. The van der Waals surface area contributed by atoms with E-state index in [9.17, 15) is 4.79 Å². The molecule has 0 radical (unpaired) electrons. The Hall–Kier alpha value is -2.05. The molecule has 0 bridgehead atoms. The third-order valence-corrected chi connectivity index (χ3v) is 1.18. The molecule has 1 rings (SSSR count). The second-order valence-corrected chi connectivity index (χ2v) is 2.16. The van der Waals surface area contributed by atoms with Gasteiger partial charge in [-0.3, -0.25) is 5.10 Å². The van der Waals surface area contributed by atoms with Gasteiger partial charge < -0.3 is 10.0 Å². The van der Waals surface area contributed by atoms with Crippen LogP contribution in [0.1, 0.15) is 17.3 Å². The van der Waals surface area contributed by atoms with Crippen LogP contribution >= 0.6 is 0 Å². The number of aromatic amines is 1. The first-order chi connectivity index (χ1) is 6.24. The van der Waals surface area contributed by atoms with Crippen LogP contribution in [0.2, 0.25) is 0 Å². The highest BCUT2D eigenvalue weighted by atomic mass is 16.7. The molecule has 3 N–H and O–H groups in total. The average molecular weight is 184 g/mol. The van der Waals surface area contributed by atoms with Crippen molar-refractivity contribution in [2.45, 2.75) is 6.92 Å². The largest absolute Gasteiger partial charge is 0.409 e. The van der Waals surface area contributed by atoms with Crippen LogP contribution in [0.5, 0.6) is 0 Å². The zero-order valence-corrected chi connectivity index (χ0v) is 6.81. The smallest absolute Gasteiger partial charge is 0.366 e. The zero-order valence-electron chi connectivity index (χ0n) is 6.81. The van der Waals surface area contributed by atoms with Gasteiger partial charge in [-0.15, -0.1) is 0 Å². The lowest BCUT2D eigenvalue weighted by Crippen LogP contribution is -2.24. The van der Waals surface area contributed by atoms with Crippen LogP contribution in [-0.4, -0.2) is 27.2 Å². The fourth-order valence-corrected chi connectivity index (χ4v) is 0.562. The molecule has 0 amide bonds. The Balaban J connectivity index is 2.44. The van der Waals surface area contributed by atoms with Crippen molar-refractivity contribution in [1.82, 2.24) is 15.7 Å². The quantitative estimate of drug-likeness (QED) is 0.244. The standard InChI is InChI=1S/C6H8N4O3/c1-4(9-12)10-13-6(11)5-2-7-8-3-5/h2-3,12H,1H3,(H,7,8)(H,9,10). The first-order valence-corrected chi connectivity index (χ1v) is 3.38. The molecule has 0 aliphatic rings. The van der Waals surface area contributed by atoms with Crippen LogP contribution < -0.4 is 5.48 Å². The third kappa shape index (κ3) is 2.47. The molecule has 7 nitrogen and oxygen atoms in total. The monoisotopic (exact) mass is 184 g/mol. The van der Waals surface area contributed by atoms with E-state index >= 15 is 0 Å². The van der Waals surface area contributed by atoms with Gasteiger partial charge >= 0.3 is 5.97 Å². The number of nitrogens with zero attached hydrogens (tertiary/aromatic N) is 2. The lowest BCUT2D eigenvalue weighted by molar-refractivity contribution is 0.0380. The van der Waals surface area contributed by atoms with Gasteiger partial charge in [0.1, 0.15) is 0 Å². The van der Waals surface area contributed by atoms with Gasteiger partial charge in [-0.2, -0.15) is 5.10 Å². The normalized spacial score (nSPS) is 11.0. The van der Waals surface area contributed by atoms with E-state index in [-0.39, 0.29) is 11.4 Å². The minimum Gasteiger partial charge on any atom is -0.409 e. The third-order valence-electron chi connectivity index (χ3n) is 1.18. The van der Waals surface area contributed by atoms with Gasteiger partial charge in [0.25, 0.3) is 0 Å². The van der Waals surface area contributed by atoms with Crippen molar-refractivity contribution >= 4 is 11.8 Å². The van der Waals surface area contributed by atoms with E-state index in [1.807, 2.05) is 0 Å². The molecule has 0 unspecified atom stereocenters. The predicted octanol–water partition coefficient (Wildman–Crippen LogP) is -0.121. The second kappa shape index (κ2) is 4.10. The lowest BCUT2D eigenvalue weighted by atomic mass is 10.4. The van der Waals surface area contributed by atoms with E-state index in [0.717, 1.165) is 0 Å². The van der Waals surface area contributed by atoms with Crippen LogP contribution in [0.3, 0.4) is 0 Å². The molecule has 70 valence electrons. The minimum atomic E-state index is -0.614. The molecule has 0 spiro atoms. The molecular weight excluding hydrogens is 176 g/mol. The van der Waals surface area contributed by atoms with Crippen LogP contribution in [0.15, 0.2) is 17.5 Å². The molecule has 1 aromatic rings. The van der Waals surface area contributed by atoms with Gasteiger partial charge in [0, 0.05) is 6.20 Å². The number of oxime groups is 1. The lowest BCUT2D eigenvalue weighted by Gasteiger charge is -2.01. The highest BCUT2D eigenvalue weighted by Crippen LogP contribution is 1.94. The highest BCUT2D eigenvalue weighted by molar-refractivity contribution is 5.90. The minimum absolute atomic E-state index is 0.0804. The SMILES string of the molecule is C/C(=N\O)NOC(=O)c1cn[nH]c1. The Kier molecular flexibility index (Phi) is 2.85. The van der Waals surface area contributed by atoms with Crippen LogP contribution in [0, 0.1) is 0 Å². The van der Waals surface area contributed by atoms with E-state index in [2.05, 4.69) is 25.7 Å². The Morgan fingerprint density at radius 3 is 3.15 bits per heavy atom. The molecule has 0 aromatic carbocycles. The van der Waals surface area contributed by atoms with E-state index in [0.29, 0.717) is 0 Å². The first-order valence-electron chi connectivity index (χ1n) is 3.38. The molecule has 0 aliphatic carbocycles. The fourth-order valence-electron chi connectivity index (χ4n) is 0.562. The molecule has 1 heterocycles. The summed E-state index contributed by atoms with van der Waals surface area (Å²) >= 11 is 0. The molecule has 0 fully saturated rings. The fraction of sp³-hybridized carbons (Fsp3) is 0.167. The molecule has 0 atom stereocenters. The van der Waals surface area contributed by atoms with E-state index in [1.54, 1.807) is 0 Å². The number of H-pyrrole nitrogens is 1. The maximum absolute atomic E-state index is 11.0. The summed E-state index contributed by atoms with van der Waals surface area (Å²) in [5.41, 5.74) is 2.41. The van der Waals surface area contributed by atoms with Crippen LogP contribution in [0.4, 0.5) is 0 Å². The Morgan fingerprint density at radius 2 is 2.62 bits per heavy atom. The number of carbonyl (C=O) groups is 1. The van der Waals surface area contributed by atoms with Crippen molar-refractivity contribution in [2.24, 2.45) is 5.16 Å². The molecular formula is C6H8N4O3. The molecule has 7 heteroatoms. The number of aromatic nitrogens is 2. The first kappa shape index (κ1) is 9.04. The zero-order chi connectivity index (χ0) is 9.68. The number of rotatable bonds is 1.